The Morgan fingerprint density at radius 2 is 1.64 bits per heavy atom. The largest absolute Gasteiger partial charge is 0.490 e. The van der Waals surface area contributed by atoms with E-state index in [1.807, 2.05) is 6.92 Å². The fourth-order valence-corrected chi connectivity index (χ4v) is 4.51. The molecule has 2 aromatic carbocycles. The molecule has 1 heterocycles. The van der Waals surface area contributed by atoms with Crippen LogP contribution in [0.3, 0.4) is 0 Å². The number of nitrogens with one attached hydrogen (secondary N) is 3. The quantitative estimate of drug-likeness (QED) is 0.391. The van der Waals surface area contributed by atoms with Crippen LogP contribution in [0.4, 0.5) is 24.5 Å². The Balaban J connectivity index is 0.000000673. The van der Waals surface area contributed by atoms with Crippen molar-refractivity contribution < 1.29 is 41.1 Å². The Morgan fingerprint density at radius 1 is 1.08 bits per heavy atom. The van der Waals surface area contributed by atoms with Crippen LogP contribution < -0.4 is 20.3 Å². The molecule has 2 amide bonds. The molecule has 4 N–H and O–H groups in total. The van der Waals surface area contributed by atoms with Crippen LogP contribution in [0.1, 0.15) is 15.9 Å². The highest BCUT2D eigenvalue weighted by atomic mass is 32.2. The molecule has 0 atom stereocenters. The number of nitrogens with zero attached hydrogens (tertiary/aromatic N) is 2. The van der Waals surface area contributed by atoms with E-state index in [2.05, 4.69) is 20.3 Å². The number of sulfonamides is 1. The topological polar surface area (TPSA) is 148 Å². The summed E-state index contributed by atoms with van der Waals surface area (Å²) in [6.07, 6.45) is -5.08. The highest BCUT2D eigenvalue weighted by Crippen LogP contribution is 2.30. The predicted molar refractivity (Wildman–Crippen MR) is 138 cm³/mol. The van der Waals surface area contributed by atoms with E-state index in [9.17, 15) is 31.2 Å². The van der Waals surface area contributed by atoms with Gasteiger partial charge in [0.2, 0.25) is 5.91 Å². The normalized spacial score (nSPS) is 13.5. The number of aryl methyl sites for hydroxylation is 1. The minimum atomic E-state index is -5.08. The van der Waals surface area contributed by atoms with Gasteiger partial charge in [-0.25, -0.2) is 13.2 Å². The molecule has 0 spiro atoms. The van der Waals surface area contributed by atoms with Gasteiger partial charge in [0.25, 0.3) is 15.9 Å². The van der Waals surface area contributed by atoms with Crippen LogP contribution in [0.5, 0.6) is 0 Å². The molecule has 0 bridgehead atoms. The average Bonchev–Trinajstić information content (AvgIpc) is 2.88. The van der Waals surface area contributed by atoms with E-state index in [0.717, 1.165) is 18.7 Å². The van der Waals surface area contributed by atoms with Gasteiger partial charge in [-0.05, 0) is 37.3 Å². The highest BCUT2D eigenvalue weighted by molar-refractivity contribution is 7.92. The first kappa shape index (κ1) is 31.4. The van der Waals surface area contributed by atoms with Crippen LogP contribution >= 0.6 is 0 Å². The number of carboxylic acids is 1. The molecule has 15 heteroatoms. The van der Waals surface area contributed by atoms with Gasteiger partial charge in [0.15, 0.2) is 0 Å². The molecule has 1 aliphatic heterocycles. The number of amides is 2. The van der Waals surface area contributed by atoms with Crippen molar-refractivity contribution in [2.24, 2.45) is 0 Å². The zero-order valence-corrected chi connectivity index (χ0v) is 22.3. The van der Waals surface area contributed by atoms with Crippen LogP contribution in [0, 0.1) is 6.92 Å². The van der Waals surface area contributed by atoms with E-state index in [1.54, 1.807) is 36.4 Å². The van der Waals surface area contributed by atoms with Crippen molar-refractivity contribution in [3.63, 3.8) is 0 Å². The van der Waals surface area contributed by atoms with Gasteiger partial charge in [-0.1, -0.05) is 17.7 Å². The standard InChI is InChI=1S/C22H29N5O4S.C2HF3O2/c1-16-4-7-18(8-5-16)32(30,31)25-19-14-17(22(29)26(3)15-21(28)23-2)6-9-20(19)27-12-10-24-11-13-27;3-2(4,5)1(6)7/h4-9,14,24-25H,10-13,15H2,1-3H3,(H,23,28);(H,6,7). The molecule has 39 heavy (non-hydrogen) atoms. The maximum Gasteiger partial charge on any atom is 0.490 e. The SMILES string of the molecule is CNC(=O)CN(C)C(=O)c1ccc(N2CCNCC2)c(NS(=O)(=O)c2ccc(C)cc2)c1.O=C(O)C(F)(F)F. The molecule has 1 saturated heterocycles. The lowest BCUT2D eigenvalue weighted by Crippen LogP contribution is -2.44. The maximum atomic E-state index is 13.1. The number of alkyl halides is 3. The van der Waals surface area contributed by atoms with Crippen molar-refractivity contribution in [3.8, 4) is 0 Å². The van der Waals surface area contributed by atoms with Crippen LogP contribution in [-0.2, 0) is 19.6 Å². The Labute approximate surface area is 224 Å². The maximum absolute atomic E-state index is 13.1. The van der Waals surface area contributed by atoms with Crippen molar-refractivity contribution >= 4 is 39.2 Å². The van der Waals surface area contributed by atoms with Gasteiger partial charge >= 0.3 is 12.1 Å². The minimum absolute atomic E-state index is 0.0979. The monoisotopic (exact) mass is 573 g/mol. The van der Waals surface area contributed by atoms with E-state index < -0.39 is 22.2 Å². The second-order valence-corrected chi connectivity index (χ2v) is 10.2. The zero-order chi connectivity index (χ0) is 29.4. The lowest BCUT2D eigenvalue weighted by atomic mass is 10.1. The Kier molecular flexibility index (Phi) is 10.7. The number of benzene rings is 2. The Hall–Kier alpha value is -3.85. The summed E-state index contributed by atoms with van der Waals surface area (Å²) in [4.78, 5) is 36.9. The molecule has 214 valence electrons. The van der Waals surface area contributed by atoms with E-state index in [4.69, 9.17) is 9.90 Å². The first-order chi connectivity index (χ1) is 18.2. The van der Waals surface area contributed by atoms with Gasteiger partial charge in [-0.3, -0.25) is 14.3 Å². The van der Waals surface area contributed by atoms with Crippen molar-refractivity contribution in [1.29, 1.82) is 0 Å². The molecule has 3 rings (SSSR count). The molecule has 0 radical (unpaired) electrons. The van der Waals surface area contributed by atoms with Gasteiger partial charge in [-0.2, -0.15) is 13.2 Å². The van der Waals surface area contributed by atoms with Gasteiger partial charge in [-0.15, -0.1) is 0 Å². The Bertz CT molecular complexity index is 1280. The smallest absolute Gasteiger partial charge is 0.475 e. The summed E-state index contributed by atoms with van der Waals surface area (Å²) in [6.45, 7) is 4.77. The molecule has 2 aromatic rings. The number of carbonyl (C=O) groups is 3. The summed E-state index contributed by atoms with van der Waals surface area (Å²) in [5, 5.41) is 12.9. The number of piperazine rings is 1. The molecule has 11 nitrogen and oxygen atoms in total. The first-order valence-electron chi connectivity index (χ1n) is 11.6. The number of halogens is 3. The van der Waals surface area contributed by atoms with Crippen LogP contribution in [0.15, 0.2) is 47.4 Å². The second-order valence-electron chi connectivity index (χ2n) is 8.52. The number of hydrogen-bond donors (Lipinski definition) is 4. The van der Waals surface area contributed by atoms with E-state index in [1.165, 1.54) is 25.1 Å². The zero-order valence-electron chi connectivity index (χ0n) is 21.5. The molecule has 0 unspecified atom stereocenters. The van der Waals surface area contributed by atoms with Crippen LogP contribution in [0.2, 0.25) is 0 Å². The summed E-state index contributed by atoms with van der Waals surface area (Å²) in [7, 11) is -0.832. The summed E-state index contributed by atoms with van der Waals surface area (Å²) in [6, 6.07) is 11.5. The molecular weight excluding hydrogens is 543 g/mol. The predicted octanol–water partition coefficient (Wildman–Crippen LogP) is 1.66. The van der Waals surface area contributed by atoms with Crippen molar-refractivity contribution in [3.05, 3.63) is 53.6 Å². The van der Waals surface area contributed by atoms with Crippen molar-refractivity contribution in [1.82, 2.24) is 15.5 Å². The number of anilines is 2. The first-order valence-corrected chi connectivity index (χ1v) is 13.1. The van der Waals surface area contributed by atoms with Gasteiger partial charge in [0.05, 0.1) is 22.8 Å². The fourth-order valence-electron chi connectivity index (χ4n) is 3.44. The van der Waals surface area contributed by atoms with E-state index >= 15 is 0 Å². The fraction of sp³-hybridized carbons (Fsp3) is 0.375. The van der Waals surface area contributed by atoms with Gasteiger partial charge in [0.1, 0.15) is 0 Å². The van der Waals surface area contributed by atoms with Crippen LogP contribution in [0.25, 0.3) is 0 Å². The third-order valence-corrected chi connectivity index (χ3v) is 6.91. The van der Waals surface area contributed by atoms with E-state index in [0.29, 0.717) is 24.5 Å². The molecule has 0 aromatic heterocycles. The lowest BCUT2D eigenvalue weighted by molar-refractivity contribution is -0.192. The van der Waals surface area contributed by atoms with E-state index in [-0.39, 0.29) is 28.8 Å². The molecule has 0 saturated carbocycles. The number of carboxylic acid groups (broad SMARTS) is 1. The number of hydrogen-bond acceptors (Lipinski definition) is 7. The number of aliphatic carboxylic acids is 1. The number of likely N-dealkylation sites (N-methyl/N-ethyl adjacent to an activating group) is 2. The average molecular weight is 574 g/mol. The van der Waals surface area contributed by atoms with Crippen molar-refractivity contribution in [2.45, 2.75) is 18.0 Å². The molecule has 1 fully saturated rings. The molecular formula is C24H30F3N5O6S. The summed E-state index contributed by atoms with van der Waals surface area (Å²) in [5.74, 6) is -3.43. The number of rotatable bonds is 7. The third-order valence-electron chi connectivity index (χ3n) is 5.53. The molecule has 0 aliphatic carbocycles. The van der Waals surface area contributed by atoms with Gasteiger partial charge < -0.3 is 25.5 Å². The van der Waals surface area contributed by atoms with Crippen molar-refractivity contribution in [2.75, 3.05) is 56.4 Å². The summed E-state index contributed by atoms with van der Waals surface area (Å²) in [5.41, 5.74) is 2.27. The van der Waals surface area contributed by atoms with Gasteiger partial charge in [0, 0.05) is 45.8 Å². The highest BCUT2D eigenvalue weighted by Gasteiger charge is 2.38. The second kappa shape index (κ2) is 13.3. The third kappa shape index (κ3) is 9.14. The minimum Gasteiger partial charge on any atom is -0.475 e. The Morgan fingerprint density at radius 3 is 2.15 bits per heavy atom. The molecule has 1 aliphatic rings. The van der Waals surface area contributed by atoms with Crippen LogP contribution in [-0.4, -0.2) is 89.2 Å². The summed E-state index contributed by atoms with van der Waals surface area (Å²) < 4.78 is 60.5. The number of carbonyl (C=O) groups excluding carboxylic acids is 2. The summed E-state index contributed by atoms with van der Waals surface area (Å²) >= 11 is 0. The lowest BCUT2D eigenvalue weighted by Gasteiger charge is -2.31.